The van der Waals surface area contributed by atoms with E-state index in [1.165, 1.54) is 37.7 Å². The fourth-order valence-corrected chi connectivity index (χ4v) is 4.15. The van der Waals surface area contributed by atoms with E-state index < -0.39 is 0 Å². The molecule has 0 aromatic carbocycles. The summed E-state index contributed by atoms with van der Waals surface area (Å²) in [5.74, 6) is 0.921. The lowest BCUT2D eigenvalue weighted by Gasteiger charge is -2.30. The maximum Gasteiger partial charge on any atom is 0.220 e. The van der Waals surface area contributed by atoms with Crippen molar-refractivity contribution < 1.29 is 4.79 Å². The van der Waals surface area contributed by atoms with Gasteiger partial charge in [0.2, 0.25) is 5.91 Å². The molecule has 24 heavy (non-hydrogen) atoms. The van der Waals surface area contributed by atoms with Crippen LogP contribution in [0.5, 0.6) is 0 Å². The zero-order valence-electron chi connectivity index (χ0n) is 14.7. The molecule has 4 nitrogen and oxygen atoms in total. The fourth-order valence-electron chi connectivity index (χ4n) is 4.15. The molecule has 0 aliphatic heterocycles. The van der Waals surface area contributed by atoms with Crippen molar-refractivity contribution in [3.63, 3.8) is 0 Å². The highest BCUT2D eigenvalue weighted by molar-refractivity contribution is 5.76. The third-order valence-electron chi connectivity index (χ3n) is 5.61. The third-order valence-corrected chi connectivity index (χ3v) is 5.61. The van der Waals surface area contributed by atoms with Gasteiger partial charge in [0.1, 0.15) is 0 Å². The second kappa shape index (κ2) is 9.16. The first kappa shape index (κ1) is 17.4. The molecule has 1 aromatic heterocycles. The van der Waals surface area contributed by atoms with Gasteiger partial charge in [0.05, 0.1) is 0 Å². The molecule has 2 fully saturated rings. The topological polar surface area (TPSA) is 54.0 Å². The Kier molecular flexibility index (Phi) is 6.65. The Morgan fingerprint density at radius 1 is 1.04 bits per heavy atom. The van der Waals surface area contributed by atoms with Gasteiger partial charge in [-0.15, -0.1) is 0 Å². The van der Waals surface area contributed by atoms with Crippen molar-refractivity contribution in [3.8, 4) is 0 Å². The van der Waals surface area contributed by atoms with E-state index in [1.807, 2.05) is 18.5 Å². The maximum absolute atomic E-state index is 12.2. The van der Waals surface area contributed by atoms with Crippen LogP contribution in [0, 0.1) is 5.92 Å². The zero-order chi connectivity index (χ0) is 16.6. The Labute approximate surface area is 145 Å². The molecule has 1 amide bonds. The van der Waals surface area contributed by atoms with E-state index in [1.54, 1.807) is 0 Å². The van der Waals surface area contributed by atoms with Crippen LogP contribution in [-0.4, -0.2) is 23.0 Å². The Bertz CT molecular complexity index is 491. The number of aromatic nitrogens is 1. The van der Waals surface area contributed by atoms with Gasteiger partial charge in [0.15, 0.2) is 0 Å². The molecule has 2 aliphatic carbocycles. The normalized spacial score (nSPS) is 25.3. The van der Waals surface area contributed by atoms with Crippen molar-refractivity contribution in [1.82, 2.24) is 15.6 Å². The predicted octanol–water partition coefficient (Wildman–Crippen LogP) is 3.57. The van der Waals surface area contributed by atoms with Crippen LogP contribution in [0.4, 0.5) is 0 Å². The lowest BCUT2D eigenvalue weighted by Crippen LogP contribution is -2.42. The van der Waals surface area contributed by atoms with Crippen molar-refractivity contribution in [2.75, 3.05) is 0 Å². The van der Waals surface area contributed by atoms with Crippen LogP contribution in [0.3, 0.4) is 0 Å². The van der Waals surface area contributed by atoms with Gasteiger partial charge in [-0.25, -0.2) is 0 Å². The van der Waals surface area contributed by atoms with Crippen LogP contribution in [0.1, 0.15) is 69.8 Å². The van der Waals surface area contributed by atoms with Crippen LogP contribution in [0.2, 0.25) is 0 Å². The van der Waals surface area contributed by atoms with Gasteiger partial charge in [-0.3, -0.25) is 9.78 Å². The zero-order valence-corrected chi connectivity index (χ0v) is 14.7. The predicted molar refractivity (Wildman–Crippen MR) is 96.5 cm³/mol. The number of rotatable bonds is 6. The summed E-state index contributed by atoms with van der Waals surface area (Å²) in [6.07, 6.45) is 15.4. The molecule has 132 valence electrons. The second-order valence-electron chi connectivity index (χ2n) is 7.57. The third kappa shape index (κ3) is 5.59. The van der Waals surface area contributed by atoms with Gasteiger partial charge in [-0.05, 0) is 56.1 Å². The first-order valence-electron chi connectivity index (χ1n) is 9.71. The quantitative estimate of drug-likeness (QED) is 0.839. The smallest absolute Gasteiger partial charge is 0.220 e. The SMILES string of the molecule is O=C(CC1CCCCC1)NC1CCC(NCc2cccnc2)CC1. The first-order valence-corrected chi connectivity index (χ1v) is 9.71. The van der Waals surface area contributed by atoms with Crippen LogP contribution in [0.25, 0.3) is 0 Å². The first-order chi connectivity index (χ1) is 11.8. The van der Waals surface area contributed by atoms with Crippen LogP contribution < -0.4 is 10.6 Å². The molecular formula is C20H31N3O. The Morgan fingerprint density at radius 2 is 1.79 bits per heavy atom. The molecule has 4 heteroatoms. The number of hydrogen-bond acceptors (Lipinski definition) is 3. The van der Waals surface area contributed by atoms with E-state index in [4.69, 9.17) is 0 Å². The number of nitrogens with zero attached hydrogens (tertiary/aromatic N) is 1. The maximum atomic E-state index is 12.2. The molecule has 1 aromatic rings. The summed E-state index contributed by atoms with van der Waals surface area (Å²) in [5.41, 5.74) is 1.24. The monoisotopic (exact) mass is 329 g/mol. The highest BCUT2D eigenvalue weighted by Gasteiger charge is 2.23. The van der Waals surface area contributed by atoms with Gasteiger partial charge in [0.25, 0.3) is 0 Å². The van der Waals surface area contributed by atoms with Gasteiger partial charge < -0.3 is 10.6 Å². The molecule has 0 radical (unpaired) electrons. The molecule has 2 saturated carbocycles. The molecule has 0 bridgehead atoms. The van der Waals surface area contributed by atoms with E-state index in [-0.39, 0.29) is 5.91 Å². The van der Waals surface area contributed by atoms with E-state index in [9.17, 15) is 4.79 Å². The summed E-state index contributed by atoms with van der Waals surface area (Å²) in [4.78, 5) is 16.4. The lowest BCUT2D eigenvalue weighted by atomic mass is 9.86. The Hall–Kier alpha value is -1.42. The number of carbonyl (C=O) groups excluding carboxylic acids is 1. The minimum atomic E-state index is 0.286. The van der Waals surface area contributed by atoms with E-state index in [2.05, 4.69) is 21.7 Å². The van der Waals surface area contributed by atoms with E-state index in [0.29, 0.717) is 18.0 Å². The molecule has 0 saturated heterocycles. The van der Waals surface area contributed by atoms with E-state index in [0.717, 1.165) is 38.6 Å². The molecule has 2 N–H and O–H groups in total. The lowest BCUT2D eigenvalue weighted by molar-refractivity contribution is -0.123. The summed E-state index contributed by atoms with van der Waals surface area (Å²) in [7, 11) is 0. The number of nitrogens with one attached hydrogen (secondary N) is 2. The van der Waals surface area contributed by atoms with Crippen molar-refractivity contribution in [2.45, 2.75) is 82.8 Å². The molecular weight excluding hydrogens is 298 g/mol. The molecule has 0 spiro atoms. The van der Waals surface area contributed by atoms with Crippen LogP contribution in [0.15, 0.2) is 24.5 Å². The largest absolute Gasteiger partial charge is 0.353 e. The summed E-state index contributed by atoms with van der Waals surface area (Å²) in [6.45, 7) is 0.886. The summed E-state index contributed by atoms with van der Waals surface area (Å²) in [6, 6.07) is 5.04. The highest BCUT2D eigenvalue weighted by Crippen LogP contribution is 2.26. The van der Waals surface area contributed by atoms with Gasteiger partial charge in [0, 0.05) is 37.4 Å². The summed E-state index contributed by atoms with van der Waals surface area (Å²) >= 11 is 0. The average Bonchev–Trinajstić information content (AvgIpc) is 2.63. The van der Waals surface area contributed by atoms with Crippen LogP contribution >= 0.6 is 0 Å². The minimum absolute atomic E-state index is 0.286. The molecule has 0 atom stereocenters. The average molecular weight is 329 g/mol. The van der Waals surface area contributed by atoms with Gasteiger partial charge in [-0.2, -0.15) is 0 Å². The second-order valence-corrected chi connectivity index (χ2v) is 7.57. The van der Waals surface area contributed by atoms with E-state index >= 15 is 0 Å². The Balaban J connectivity index is 1.32. The van der Waals surface area contributed by atoms with Gasteiger partial charge in [-0.1, -0.05) is 25.3 Å². The summed E-state index contributed by atoms with van der Waals surface area (Å²) < 4.78 is 0. The minimum Gasteiger partial charge on any atom is -0.353 e. The van der Waals surface area contributed by atoms with Crippen molar-refractivity contribution in [2.24, 2.45) is 5.92 Å². The highest BCUT2D eigenvalue weighted by atomic mass is 16.1. The molecule has 2 aliphatic rings. The number of amides is 1. The van der Waals surface area contributed by atoms with Crippen molar-refractivity contribution in [3.05, 3.63) is 30.1 Å². The Morgan fingerprint density at radius 3 is 2.50 bits per heavy atom. The van der Waals surface area contributed by atoms with Crippen LogP contribution in [-0.2, 0) is 11.3 Å². The van der Waals surface area contributed by atoms with Crippen molar-refractivity contribution >= 4 is 5.91 Å². The number of hydrogen-bond donors (Lipinski definition) is 2. The molecule has 3 rings (SSSR count). The van der Waals surface area contributed by atoms with Crippen molar-refractivity contribution in [1.29, 1.82) is 0 Å². The molecule has 0 unspecified atom stereocenters. The summed E-state index contributed by atoms with van der Waals surface area (Å²) in [5, 5.41) is 6.91. The number of pyridine rings is 1. The molecule has 1 heterocycles. The number of carbonyl (C=O) groups is 1. The van der Waals surface area contributed by atoms with Gasteiger partial charge >= 0.3 is 0 Å². The standard InChI is InChI=1S/C20H31N3O/c24-20(13-16-5-2-1-3-6-16)23-19-10-8-18(9-11-19)22-15-17-7-4-12-21-14-17/h4,7,12,14,16,18-19,22H,1-3,5-6,8-11,13,15H2,(H,23,24). The fraction of sp³-hybridized carbons (Fsp3) is 0.700.